The van der Waals surface area contributed by atoms with Crippen molar-refractivity contribution in [2.75, 3.05) is 18.5 Å². The highest BCUT2D eigenvalue weighted by Gasteiger charge is 2.10. The number of aliphatic hydroxyl groups is 1. The molecule has 0 aliphatic heterocycles. The van der Waals surface area contributed by atoms with Crippen LogP contribution in [-0.2, 0) is 0 Å². The molecule has 3 N–H and O–H groups in total. The van der Waals surface area contributed by atoms with Gasteiger partial charge in [-0.15, -0.1) is 0 Å². The lowest BCUT2D eigenvalue weighted by atomic mass is 10.2. The van der Waals surface area contributed by atoms with Crippen molar-refractivity contribution >= 4 is 23.1 Å². The van der Waals surface area contributed by atoms with Crippen LogP contribution < -0.4 is 5.32 Å². The van der Waals surface area contributed by atoms with Gasteiger partial charge in [0.05, 0.1) is 5.56 Å². The number of hydrogen-bond donors (Lipinski definition) is 3. The third-order valence-electron chi connectivity index (χ3n) is 2.55. The lowest BCUT2D eigenvalue weighted by Gasteiger charge is -2.06. The fourth-order valence-electron chi connectivity index (χ4n) is 1.46. The summed E-state index contributed by atoms with van der Waals surface area (Å²) >= 11 is 0. The van der Waals surface area contributed by atoms with Gasteiger partial charge in [-0.1, -0.05) is 6.92 Å². The number of nitrogens with zero attached hydrogens (tertiary/aromatic N) is 1. The molecular weight excluding hydrogens is 236 g/mol. The molecule has 0 saturated carbocycles. The lowest BCUT2D eigenvalue weighted by molar-refractivity contribution is 0.0697. The zero-order valence-corrected chi connectivity index (χ0v) is 9.88. The molecule has 1 aromatic heterocycles. The van der Waals surface area contributed by atoms with Crippen LogP contribution in [0, 0.1) is 5.92 Å². The van der Waals surface area contributed by atoms with Crippen molar-refractivity contribution in [3.8, 4) is 0 Å². The number of carboxylic acid groups (broad SMARTS) is 1. The fraction of sp³-hybridized carbons (Fsp3) is 0.333. The average molecular weight is 250 g/mol. The van der Waals surface area contributed by atoms with Crippen molar-refractivity contribution in [3.05, 3.63) is 23.8 Å². The molecule has 6 nitrogen and oxygen atoms in total. The maximum absolute atomic E-state index is 10.8. The van der Waals surface area contributed by atoms with Crippen LogP contribution in [0.25, 0.3) is 11.1 Å². The fourth-order valence-corrected chi connectivity index (χ4v) is 1.46. The first-order valence-electron chi connectivity index (χ1n) is 5.58. The normalized spacial score (nSPS) is 12.6. The maximum Gasteiger partial charge on any atom is 0.335 e. The first-order chi connectivity index (χ1) is 8.60. The van der Waals surface area contributed by atoms with Crippen LogP contribution in [0.3, 0.4) is 0 Å². The smallest absolute Gasteiger partial charge is 0.335 e. The van der Waals surface area contributed by atoms with Crippen LogP contribution in [-0.4, -0.2) is 34.3 Å². The maximum atomic E-state index is 10.8. The number of fused-ring (bicyclic) bond motifs is 1. The van der Waals surface area contributed by atoms with E-state index < -0.39 is 5.97 Å². The Labute approximate surface area is 103 Å². The Balaban J connectivity index is 2.19. The Kier molecular flexibility index (Phi) is 3.47. The van der Waals surface area contributed by atoms with Gasteiger partial charge in [0, 0.05) is 13.2 Å². The van der Waals surface area contributed by atoms with E-state index in [0.717, 1.165) is 0 Å². The Morgan fingerprint density at radius 1 is 1.56 bits per heavy atom. The number of benzene rings is 1. The highest BCUT2D eigenvalue weighted by molar-refractivity contribution is 5.92. The standard InChI is InChI=1S/C12H14N2O4/c1-7(6-15)5-13-12-14-9-3-2-8(11(16)17)4-10(9)18-12/h2-4,7,15H,5-6H2,1H3,(H,13,14)(H,16,17). The van der Waals surface area contributed by atoms with Crippen molar-refractivity contribution in [2.24, 2.45) is 5.92 Å². The molecule has 0 radical (unpaired) electrons. The van der Waals surface area contributed by atoms with Crippen molar-refractivity contribution in [3.63, 3.8) is 0 Å². The van der Waals surface area contributed by atoms with E-state index in [9.17, 15) is 4.79 Å². The largest absolute Gasteiger partial charge is 0.478 e. The predicted octanol–water partition coefficient (Wildman–Crippen LogP) is 1.57. The molecule has 2 aromatic rings. The Morgan fingerprint density at radius 2 is 2.33 bits per heavy atom. The van der Waals surface area contributed by atoms with E-state index in [1.54, 1.807) is 6.07 Å². The summed E-state index contributed by atoms with van der Waals surface area (Å²) in [6.07, 6.45) is 0. The molecule has 1 atom stereocenters. The van der Waals surface area contributed by atoms with Crippen LogP contribution >= 0.6 is 0 Å². The summed E-state index contributed by atoms with van der Waals surface area (Å²) in [5.74, 6) is -0.911. The highest BCUT2D eigenvalue weighted by atomic mass is 16.4. The van der Waals surface area contributed by atoms with Gasteiger partial charge in [-0.25, -0.2) is 4.79 Å². The van der Waals surface area contributed by atoms with Gasteiger partial charge in [-0.3, -0.25) is 0 Å². The predicted molar refractivity (Wildman–Crippen MR) is 65.7 cm³/mol. The Bertz CT molecular complexity index is 564. The van der Waals surface area contributed by atoms with Gasteiger partial charge < -0.3 is 19.9 Å². The van der Waals surface area contributed by atoms with E-state index in [1.807, 2.05) is 6.92 Å². The molecule has 1 heterocycles. The number of nitrogens with one attached hydrogen (secondary N) is 1. The third kappa shape index (κ3) is 2.60. The second-order valence-electron chi connectivity index (χ2n) is 4.18. The summed E-state index contributed by atoms with van der Waals surface area (Å²) < 4.78 is 5.39. The monoisotopic (exact) mass is 250 g/mol. The Morgan fingerprint density at radius 3 is 3.00 bits per heavy atom. The molecular formula is C12H14N2O4. The van der Waals surface area contributed by atoms with Crippen LogP contribution in [0.15, 0.2) is 22.6 Å². The molecule has 0 amide bonds. The summed E-state index contributed by atoms with van der Waals surface area (Å²) in [5, 5.41) is 20.7. The van der Waals surface area contributed by atoms with Gasteiger partial charge in [0.1, 0.15) is 5.52 Å². The quantitative estimate of drug-likeness (QED) is 0.745. The molecule has 0 fully saturated rings. The van der Waals surface area contributed by atoms with Gasteiger partial charge >= 0.3 is 5.97 Å². The molecule has 1 aromatic carbocycles. The first kappa shape index (κ1) is 12.4. The number of aromatic nitrogens is 1. The van der Waals surface area contributed by atoms with E-state index >= 15 is 0 Å². The topological polar surface area (TPSA) is 95.6 Å². The van der Waals surface area contributed by atoms with Crippen LogP contribution in [0.5, 0.6) is 0 Å². The summed E-state index contributed by atoms with van der Waals surface area (Å²) in [6, 6.07) is 4.84. The molecule has 0 aliphatic carbocycles. The average Bonchev–Trinajstić information content (AvgIpc) is 2.77. The van der Waals surface area contributed by atoms with Crippen molar-refractivity contribution in [1.29, 1.82) is 0 Å². The molecule has 0 bridgehead atoms. The van der Waals surface area contributed by atoms with Crippen LogP contribution in [0.2, 0.25) is 0 Å². The van der Waals surface area contributed by atoms with E-state index in [0.29, 0.717) is 23.7 Å². The number of anilines is 1. The summed E-state index contributed by atoms with van der Waals surface area (Å²) in [5.41, 5.74) is 1.18. The lowest BCUT2D eigenvalue weighted by Crippen LogP contribution is -2.14. The molecule has 2 rings (SSSR count). The number of carbonyl (C=O) groups is 1. The zero-order valence-electron chi connectivity index (χ0n) is 9.88. The molecule has 0 spiro atoms. The number of hydrogen-bond acceptors (Lipinski definition) is 5. The summed E-state index contributed by atoms with van der Waals surface area (Å²) in [7, 11) is 0. The second-order valence-corrected chi connectivity index (χ2v) is 4.18. The number of aliphatic hydroxyl groups excluding tert-OH is 1. The Hall–Kier alpha value is -2.08. The second kappa shape index (κ2) is 5.05. The van der Waals surface area contributed by atoms with Gasteiger partial charge in [-0.2, -0.15) is 4.98 Å². The number of rotatable bonds is 5. The molecule has 18 heavy (non-hydrogen) atoms. The van der Waals surface area contributed by atoms with E-state index in [-0.39, 0.29) is 18.1 Å². The molecule has 1 unspecified atom stereocenters. The minimum atomic E-state index is -1.00. The SMILES string of the molecule is CC(CO)CNc1nc2ccc(C(=O)O)cc2o1. The van der Waals surface area contributed by atoms with Gasteiger partial charge in [0.2, 0.25) is 0 Å². The van der Waals surface area contributed by atoms with Crippen LogP contribution in [0.4, 0.5) is 6.01 Å². The number of carboxylic acids is 1. The highest BCUT2D eigenvalue weighted by Crippen LogP contribution is 2.20. The van der Waals surface area contributed by atoms with Gasteiger partial charge in [0.15, 0.2) is 5.58 Å². The zero-order chi connectivity index (χ0) is 13.1. The number of oxazole rings is 1. The molecule has 6 heteroatoms. The molecule has 96 valence electrons. The minimum absolute atomic E-state index is 0.0798. The van der Waals surface area contributed by atoms with Gasteiger partial charge in [0.25, 0.3) is 6.01 Å². The first-order valence-corrected chi connectivity index (χ1v) is 5.58. The van der Waals surface area contributed by atoms with Crippen molar-refractivity contribution < 1.29 is 19.4 Å². The van der Waals surface area contributed by atoms with E-state index in [2.05, 4.69) is 10.3 Å². The van der Waals surface area contributed by atoms with E-state index in [4.69, 9.17) is 14.6 Å². The summed E-state index contributed by atoms with van der Waals surface area (Å²) in [6.45, 7) is 2.50. The van der Waals surface area contributed by atoms with Gasteiger partial charge in [-0.05, 0) is 24.1 Å². The molecule has 0 aliphatic rings. The van der Waals surface area contributed by atoms with Crippen LogP contribution in [0.1, 0.15) is 17.3 Å². The molecule has 0 saturated heterocycles. The van der Waals surface area contributed by atoms with Crippen molar-refractivity contribution in [1.82, 2.24) is 4.98 Å². The number of aromatic carboxylic acids is 1. The van der Waals surface area contributed by atoms with E-state index in [1.165, 1.54) is 12.1 Å². The van der Waals surface area contributed by atoms with Crippen molar-refractivity contribution in [2.45, 2.75) is 6.92 Å². The third-order valence-corrected chi connectivity index (χ3v) is 2.55. The minimum Gasteiger partial charge on any atom is -0.478 e. The summed E-state index contributed by atoms with van der Waals surface area (Å²) in [4.78, 5) is 15.0.